The van der Waals surface area contributed by atoms with Gasteiger partial charge in [0.15, 0.2) is 0 Å². The zero-order valence-corrected chi connectivity index (χ0v) is 19.8. The summed E-state index contributed by atoms with van der Waals surface area (Å²) in [6.45, 7) is 9.34. The number of hydrogen-bond donors (Lipinski definition) is 1. The van der Waals surface area contributed by atoms with Gasteiger partial charge in [0.2, 0.25) is 5.91 Å². The summed E-state index contributed by atoms with van der Waals surface area (Å²) >= 11 is 0. The summed E-state index contributed by atoms with van der Waals surface area (Å²) in [6.07, 6.45) is 1.21. The lowest BCUT2D eigenvalue weighted by Crippen LogP contribution is -2.53. The predicted octanol–water partition coefficient (Wildman–Crippen LogP) is 3.57. The molecule has 2 amide bonds. The molecule has 0 saturated carbocycles. The van der Waals surface area contributed by atoms with E-state index >= 15 is 0 Å². The number of rotatable bonds is 8. The maximum absolute atomic E-state index is 13.0. The molecule has 3 atom stereocenters. The summed E-state index contributed by atoms with van der Waals surface area (Å²) in [5.41, 5.74) is -0.141. The number of ether oxygens (including phenoxy) is 2. The van der Waals surface area contributed by atoms with E-state index < -0.39 is 40.6 Å². The Labute approximate surface area is 193 Å². The van der Waals surface area contributed by atoms with Crippen LogP contribution in [0.4, 0.5) is 10.5 Å². The highest BCUT2D eigenvalue weighted by Crippen LogP contribution is 2.22. The first-order valence-corrected chi connectivity index (χ1v) is 11.1. The van der Waals surface area contributed by atoms with Gasteiger partial charge in [-0.2, -0.15) is 0 Å². The van der Waals surface area contributed by atoms with Crippen LogP contribution < -0.4 is 5.32 Å². The second-order valence-corrected chi connectivity index (χ2v) is 9.23. The second kappa shape index (κ2) is 11.1. The number of likely N-dealkylation sites (tertiary alicyclic amines) is 1. The van der Waals surface area contributed by atoms with Crippen molar-refractivity contribution in [1.29, 1.82) is 0 Å². The number of nitro benzene ring substituents is 1. The van der Waals surface area contributed by atoms with E-state index in [2.05, 4.69) is 5.32 Å². The third kappa shape index (κ3) is 7.44. The third-order valence-corrected chi connectivity index (χ3v) is 5.48. The molecule has 1 N–H and O–H groups in total. The molecule has 1 heterocycles. The largest absolute Gasteiger partial charge is 0.459 e. The SMILES string of the molecule is CC[C@H](C)[C@H](NC(=O)[C@@H]1CCCN1C(=O)OC(C)(C)C)C(=O)OCc1ccc([N+](=O)[O-])cc1. The Morgan fingerprint density at radius 2 is 1.88 bits per heavy atom. The van der Waals surface area contributed by atoms with Crippen molar-refractivity contribution < 1.29 is 28.8 Å². The molecule has 0 unspecified atom stereocenters. The third-order valence-electron chi connectivity index (χ3n) is 5.48. The summed E-state index contributed by atoms with van der Waals surface area (Å²) < 4.78 is 10.8. The molecule has 0 spiro atoms. The van der Waals surface area contributed by atoms with Gasteiger partial charge in [-0.05, 0) is 57.2 Å². The fourth-order valence-corrected chi connectivity index (χ4v) is 3.46. The lowest BCUT2D eigenvalue weighted by atomic mass is 9.98. The van der Waals surface area contributed by atoms with Gasteiger partial charge in [-0.15, -0.1) is 0 Å². The summed E-state index contributed by atoms with van der Waals surface area (Å²) in [6, 6.07) is 4.10. The van der Waals surface area contributed by atoms with E-state index in [0.29, 0.717) is 31.4 Å². The first kappa shape index (κ1) is 26.1. The minimum atomic E-state index is -0.887. The standard InChI is InChI=1S/C23H33N3O7/c1-6-15(2)19(21(28)32-14-16-9-11-17(12-10-16)26(30)31)24-20(27)18-8-7-13-25(18)22(29)33-23(3,4)5/h9-12,15,18-19H,6-8,13-14H2,1-5H3,(H,24,27)/t15-,18-,19-/m0/s1. The van der Waals surface area contributed by atoms with Gasteiger partial charge in [-0.25, -0.2) is 9.59 Å². The molecule has 10 heteroatoms. The molecule has 33 heavy (non-hydrogen) atoms. The van der Waals surface area contributed by atoms with Gasteiger partial charge in [-0.3, -0.25) is 19.8 Å². The van der Waals surface area contributed by atoms with Crippen molar-refractivity contribution in [2.75, 3.05) is 6.54 Å². The van der Waals surface area contributed by atoms with E-state index in [9.17, 15) is 24.5 Å². The van der Waals surface area contributed by atoms with Crippen molar-refractivity contribution in [3.8, 4) is 0 Å². The maximum Gasteiger partial charge on any atom is 0.410 e. The summed E-state index contributed by atoms with van der Waals surface area (Å²) in [5, 5.41) is 13.5. The number of nitrogens with zero attached hydrogens (tertiary/aromatic N) is 2. The van der Waals surface area contributed by atoms with Crippen LogP contribution in [-0.2, 0) is 25.7 Å². The molecule has 1 aromatic rings. The molecular formula is C23H33N3O7. The molecule has 1 fully saturated rings. The minimum Gasteiger partial charge on any atom is -0.459 e. The number of carbonyl (C=O) groups is 3. The molecule has 0 aromatic heterocycles. The van der Waals surface area contributed by atoms with Crippen LogP contribution in [0.2, 0.25) is 0 Å². The number of benzene rings is 1. The minimum absolute atomic E-state index is 0.0547. The van der Waals surface area contributed by atoms with Crippen LogP contribution >= 0.6 is 0 Å². The van der Waals surface area contributed by atoms with E-state index in [1.54, 1.807) is 20.8 Å². The molecule has 2 rings (SSSR count). The fourth-order valence-electron chi connectivity index (χ4n) is 3.46. The van der Waals surface area contributed by atoms with Crippen LogP contribution in [-0.4, -0.2) is 52.0 Å². The van der Waals surface area contributed by atoms with E-state index in [-0.39, 0.29) is 18.2 Å². The number of non-ortho nitro benzene ring substituents is 1. The number of hydrogen-bond acceptors (Lipinski definition) is 7. The van der Waals surface area contributed by atoms with Crippen LogP contribution in [0.3, 0.4) is 0 Å². The Kier molecular flexibility index (Phi) is 8.78. The van der Waals surface area contributed by atoms with Gasteiger partial charge in [0.25, 0.3) is 5.69 Å². The molecular weight excluding hydrogens is 430 g/mol. The van der Waals surface area contributed by atoms with Crippen molar-refractivity contribution in [3.63, 3.8) is 0 Å². The zero-order valence-electron chi connectivity index (χ0n) is 19.8. The molecule has 10 nitrogen and oxygen atoms in total. The van der Waals surface area contributed by atoms with Crippen molar-refractivity contribution in [2.45, 2.75) is 78.2 Å². The van der Waals surface area contributed by atoms with E-state index in [1.165, 1.54) is 29.2 Å². The predicted molar refractivity (Wildman–Crippen MR) is 120 cm³/mol. The molecule has 0 radical (unpaired) electrons. The van der Waals surface area contributed by atoms with Crippen LogP contribution in [0.5, 0.6) is 0 Å². The van der Waals surface area contributed by atoms with Gasteiger partial charge in [-0.1, -0.05) is 20.3 Å². The van der Waals surface area contributed by atoms with Gasteiger partial charge in [0.05, 0.1) is 4.92 Å². The zero-order chi connectivity index (χ0) is 24.8. The number of nitrogens with one attached hydrogen (secondary N) is 1. The van der Waals surface area contributed by atoms with E-state index in [0.717, 1.165) is 0 Å². The lowest BCUT2D eigenvalue weighted by molar-refractivity contribution is -0.384. The Hall–Kier alpha value is -3.17. The van der Waals surface area contributed by atoms with Crippen LogP contribution in [0.1, 0.15) is 59.4 Å². The summed E-state index contributed by atoms with van der Waals surface area (Å²) in [5.74, 6) is -1.22. The number of esters is 1. The highest BCUT2D eigenvalue weighted by Gasteiger charge is 2.39. The molecule has 1 aromatic carbocycles. The van der Waals surface area contributed by atoms with Gasteiger partial charge in [0.1, 0.15) is 24.3 Å². The lowest BCUT2D eigenvalue weighted by Gasteiger charge is -2.30. The Morgan fingerprint density at radius 1 is 1.24 bits per heavy atom. The first-order valence-electron chi connectivity index (χ1n) is 11.1. The molecule has 0 bridgehead atoms. The smallest absolute Gasteiger partial charge is 0.410 e. The Morgan fingerprint density at radius 3 is 2.42 bits per heavy atom. The van der Waals surface area contributed by atoms with E-state index in [4.69, 9.17) is 9.47 Å². The average molecular weight is 464 g/mol. The molecule has 182 valence electrons. The van der Waals surface area contributed by atoms with Crippen molar-refractivity contribution >= 4 is 23.7 Å². The topological polar surface area (TPSA) is 128 Å². The summed E-state index contributed by atoms with van der Waals surface area (Å²) in [4.78, 5) is 50.0. The number of amides is 2. The molecule has 1 aliphatic rings. The van der Waals surface area contributed by atoms with Crippen molar-refractivity contribution in [1.82, 2.24) is 10.2 Å². The van der Waals surface area contributed by atoms with Crippen LogP contribution in [0.25, 0.3) is 0 Å². The van der Waals surface area contributed by atoms with Gasteiger partial charge in [0, 0.05) is 18.7 Å². The normalized spacial score (nSPS) is 17.7. The molecule has 0 aliphatic carbocycles. The van der Waals surface area contributed by atoms with Crippen molar-refractivity contribution in [3.05, 3.63) is 39.9 Å². The van der Waals surface area contributed by atoms with Crippen LogP contribution in [0, 0.1) is 16.0 Å². The first-order chi connectivity index (χ1) is 15.4. The molecule has 1 saturated heterocycles. The fraction of sp³-hybridized carbons (Fsp3) is 0.609. The quantitative estimate of drug-likeness (QED) is 0.354. The maximum atomic E-state index is 13.0. The number of nitro groups is 1. The van der Waals surface area contributed by atoms with E-state index in [1.807, 2.05) is 13.8 Å². The number of carbonyl (C=O) groups excluding carboxylic acids is 3. The highest BCUT2D eigenvalue weighted by molar-refractivity contribution is 5.90. The Balaban J connectivity index is 2.03. The second-order valence-electron chi connectivity index (χ2n) is 9.23. The average Bonchev–Trinajstić information content (AvgIpc) is 3.24. The highest BCUT2D eigenvalue weighted by atomic mass is 16.6. The summed E-state index contributed by atoms with van der Waals surface area (Å²) in [7, 11) is 0. The van der Waals surface area contributed by atoms with Gasteiger partial charge < -0.3 is 14.8 Å². The van der Waals surface area contributed by atoms with Gasteiger partial charge >= 0.3 is 12.1 Å². The van der Waals surface area contributed by atoms with Crippen LogP contribution in [0.15, 0.2) is 24.3 Å². The Bertz CT molecular complexity index is 864. The molecule has 1 aliphatic heterocycles. The monoisotopic (exact) mass is 463 g/mol. The van der Waals surface area contributed by atoms with Crippen molar-refractivity contribution in [2.24, 2.45) is 5.92 Å².